The molecular formula is C29H36N6O3. The van der Waals surface area contributed by atoms with Crippen molar-refractivity contribution in [2.45, 2.75) is 46.8 Å². The molecule has 4 rings (SSSR count). The van der Waals surface area contributed by atoms with E-state index in [1.54, 1.807) is 6.07 Å². The number of carbonyl (C=O) groups excluding carboxylic acids is 1. The average molecular weight is 517 g/mol. The quantitative estimate of drug-likeness (QED) is 0.322. The van der Waals surface area contributed by atoms with Gasteiger partial charge in [-0.3, -0.25) is 14.5 Å². The Kier molecular flexibility index (Phi) is 8.70. The minimum absolute atomic E-state index is 0.0498. The lowest BCUT2D eigenvalue weighted by Crippen LogP contribution is -2.35. The van der Waals surface area contributed by atoms with Crippen LogP contribution < -0.4 is 16.2 Å². The lowest BCUT2D eigenvalue weighted by molar-refractivity contribution is 0.0342. The van der Waals surface area contributed by atoms with Crippen molar-refractivity contribution >= 4 is 17.9 Å². The Labute approximate surface area is 223 Å². The molecule has 2 aromatic heterocycles. The number of nitrogens with zero attached hydrogens (tertiary/aromatic N) is 2. The zero-order valence-corrected chi connectivity index (χ0v) is 22.5. The number of nitrogens with one attached hydrogen (secondary N) is 4. The van der Waals surface area contributed by atoms with E-state index in [2.05, 4.69) is 32.7 Å². The maximum absolute atomic E-state index is 13.4. The Morgan fingerprint density at radius 2 is 1.97 bits per heavy atom. The predicted molar refractivity (Wildman–Crippen MR) is 150 cm³/mol. The topological polar surface area (TPSA) is 123 Å². The third kappa shape index (κ3) is 6.54. The van der Waals surface area contributed by atoms with Crippen molar-refractivity contribution < 1.29 is 9.53 Å². The monoisotopic (exact) mass is 516 g/mol. The number of aryl methyl sites for hydroxylation is 2. The second-order valence-corrected chi connectivity index (χ2v) is 9.98. The highest BCUT2D eigenvalue weighted by atomic mass is 16.5. The van der Waals surface area contributed by atoms with E-state index in [1.807, 2.05) is 45.9 Å². The van der Waals surface area contributed by atoms with Gasteiger partial charge in [-0.05, 0) is 57.0 Å². The van der Waals surface area contributed by atoms with Crippen LogP contribution >= 0.6 is 0 Å². The first-order valence-electron chi connectivity index (χ1n) is 12.9. The number of rotatable bonds is 9. The number of aromatic amines is 1. The molecule has 9 nitrogen and oxygen atoms in total. The molecule has 4 N–H and O–H groups in total. The van der Waals surface area contributed by atoms with Crippen LogP contribution in [0.5, 0.6) is 0 Å². The van der Waals surface area contributed by atoms with Crippen LogP contribution in [0.25, 0.3) is 11.3 Å². The van der Waals surface area contributed by atoms with Crippen molar-refractivity contribution in [3.63, 3.8) is 0 Å². The van der Waals surface area contributed by atoms with Gasteiger partial charge in [0.1, 0.15) is 5.82 Å². The Hall–Kier alpha value is -3.82. The normalized spacial score (nSPS) is 13.9. The first-order valence-corrected chi connectivity index (χ1v) is 12.9. The summed E-state index contributed by atoms with van der Waals surface area (Å²) in [5, 5.41) is 14.2. The summed E-state index contributed by atoms with van der Waals surface area (Å²) >= 11 is 0. The van der Waals surface area contributed by atoms with E-state index in [4.69, 9.17) is 15.1 Å². The molecule has 0 aliphatic carbocycles. The zero-order valence-electron chi connectivity index (χ0n) is 22.5. The van der Waals surface area contributed by atoms with E-state index in [0.29, 0.717) is 28.2 Å². The molecule has 1 saturated heterocycles. The number of carbonyl (C=O) groups is 1. The minimum Gasteiger partial charge on any atom is -0.379 e. The third-order valence-corrected chi connectivity index (χ3v) is 6.53. The van der Waals surface area contributed by atoms with Gasteiger partial charge in [0.2, 0.25) is 0 Å². The highest BCUT2D eigenvalue weighted by Crippen LogP contribution is 2.27. The van der Waals surface area contributed by atoms with E-state index in [1.165, 1.54) is 0 Å². The lowest BCUT2D eigenvalue weighted by atomic mass is 10.0. The number of ether oxygens (including phenoxy) is 1. The van der Waals surface area contributed by atoms with E-state index in [9.17, 15) is 9.59 Å². The molecule has 1 aliphatic rings. The Bertz CT molecular complexity index is 1380. The Morgan fingerprint density at radius 1 is 1.21 bits per heavy atom. The summed E-state index contributed by atoms with van der Waals surface area (Å²) in [6.07, 6.45) is 1.15. The maximum Gasteiger partial charge on any atom is 0.253 e. The molecule has 0 radical (unpaired) electrons. The van der Waals surface area contributed by atoms with Crippen LogP contribution in [0, 0.1) is 19.3 Å². The van der Waals surface area contributed by atoms with E-state index in [-0.39, 0.29) is 24.1 Å². The summed E-state index contributed by atoms with van der Waals surface area (Å²) in [5.74, 6) is 0.100. The van der Waals surface area contributed by atoms with Gasteiger partial charge in [0.25, 0.3) is 11.5 Å². The van der Waals surface area contributed by atoms with Crippen LogP contribution in [0.2, 0.25) is 0 Å². The summed E-state index contributed by atoms with van der Waals surface area (Å²) in [5.41, 5.74) is 5.28. The van der Waals surface area contributed by atoms with Crippen LogP contribution in [-0.2, 0) is 17.8 Å². The van der Waals surface area contributed by atoms with Crippen molar-refractivity contribution in [1.82, 2.24) is 20.2 Å². The lowest BCUT2D eigenvalue weighted by Gasteiger charge is -2.26. The largest absolute Gasteiger partial charge is 0.379 e. The molecule has 3 aromatic rings. The summed E-state index contributed by atoms with van der Waals surface area (Å²) in [4.78, 5) is 35.8. The van der Waals surface area contributed by atoms with Crippen LogP contribution in [0.15, 0.2) is 41.2 Å². The molecule has 200 valence electrons. The Morgan fingerprint density at radius 3 is 2.66 bits per heavy atom. The smallest absolute Gasteiger partial charge is 0.253 e. The van der Waals surface area contributed by atoms with Gasteiger partial charge < -0.3 is 25.8 Å². The number of benzene rings is 1. The number of pyridine rings is 2. The van der Waals surface area contributed by atoms with Crippen molar-refractivity contribution in [2.24, 2.45) is 0 Å². The van der Waals surface area contributed by atoms with Crippen LogP contribution in [0.4, 0.5) is 5.82 Å². The van der Waals surface area contributed by atoms with Crippen LogP contribution in [-0.4, -0.2) is 59.3 Å². The molecule has 1 fully saturated rings. The van der Waals surface area contributed by atoms with Gasteiger partial charge >= 0.3 is 0 Å². The fourth-order valence-corrected chi connectivity index (χ4v) is 4.63. The number of hydrogen-bond acceptors (Lipinski definition) is 7. The molecule has 0 atom stereocenters. The van der Waals surface area contributed by atoms with E-state index >= 15 is 0 Å². The second kappa shape index (κ2) is 12.1. The number of amides is 1. The summed E-state index contributed by atoms with van der Waals surface area (Å²) in [6, 6.07) is 11.8. The SMILES string of the molecule is Cc1cc(C)c(CNC(=O)c2cc(-c3cccc(CN4CCOCC4)c3)nc(NC(C)C)c2C=N)c(=O)[nH]1. The average Bonchev–Trinajstić information content (AvgIpc) is 2.88. The molecule has 0 unspecified atom stereocenters. The highest BCUT2D eigenvalue weighted by Gasteiger charge is 2.20. The van der Waals surface area contributed by atoms with Crippen molar-refractivity contribution in [3.8, 4) is 11.3 Å². The van der Waals surface area contributed by atoms with Crippen molar-refractivity contribution in [1.29, 1.82) is 5.41 Å². The first-order chi connectivity index (χ1) is 18.2. The summed E-state index contributed by atoms with van der Waals surface area (Å²) in [7, 11) is 0. The zero-order chi connectivity index (χ0) is 27.2. The van der Waals surface area contributed by atoms with Gasteiger partial charge in [-0.2, -0.15) is 0 Å². The van der Waals surface area contributed by atoms with Gasteiger partial charge in [-0.1, -0.05) is 18.2 Å². The highest BCUT2D eigenvalue weighted by molar-refractivity contribution is 6.05. The van der Waals surface area contributed by atoms with E-state index in [0.717, 1.165) is 61.4 Å². The molecule has 38 heavy (non-hydrogen) atoms. The number of aromatic nitrogens is 2. The maximum atomic E-state index is 13.4. The fourth-order valence-electron chi connectivity index (χ4n) is 4.63. The van der Waals surface area contributed by atoms with Gasteiger partial charge in [-0.25, -0.2) is 4.98 Å². The molecule has 0 spiro atoms. The molecule has 0 bridgehead atoms. The van der Waals surface area contributed by atoms with Gasteiger partial charge in [0, 0.05) is 60.8 Å². The molecule has 0 saturated carbocycles. The number of anilines is 1. The predicted octanol–water partition coefficient (Wildman–Crippen LogP) is 3.63. The standard InChI is InChI=1S/C29H36N6O3/c1-18(2)32-27-24(15-30)23(28(36)31-16-25-19(3)12-20(4)33-29(25)37)14-26(34-27)22-7-5-6-21(13-22)17-35-8-10-38-11-9-35/h5-7,12-15,18,30H,8-11,16-17H2,1-4H3,(H,31,36)(H,32,34)(H,33,37). The number of morpholine rings is 1. The molecule has 3 heterocycles. The second-order valence-electron chi connectivity index (χ2n) is 9.98. The van der Waals surface area contributed by atoms with Gasteiger partial charge in [0.15, 0.2) is 0 Å². The molecular weight excluding hydrogens is 480 g/mol. The van der Waals surface area contributed by atoms with Crippen LogP contribution in [0.1, 0.15) is 52.2 Å². The number of H-pyrrole nitrogens is 1. The van der Waals surface area contributed by atoms with Crippen molar-refractivity contribution in [2.75, 3.05) is 31.6 Å². The van der Waals surface area contributed by atoms with Crippen LogP contribution in [0.3, 0.4) is 0 Å². The molecule has 1 aliphatic heterocycles. The molecule has 1 aromatic carbocycles. The minimum atomic E-state index is -0.372. The molecule has 9 heteroatoms. The first kappa shape index (κ1) is 27.2. The Balaban J connectivity index is 1.67. The molecule has 1 amide bonds. The number of hydrogen-bond donors (Lipinski definition) is 4. The van der Waals surface area contributed by atoms with Gasteiger partial charge in [-0.15, -0.1) is 0 Å². The van der Waals surface area contributed by atoms with Crippen molar-refractivity contribution in [3.05, 3.63) is 80.3 Å². The summed E-state index contributed by atoms with van der Waals surface area (Å²) < 4.78 is 5.47. The third-order valence-electron chi connectivity index (χ3n) is 6.53. The van der Waals surface area contributed by atoms with E-state index < -0.39 is 0 Å². The fraction of sp³-hybridized carbons (Fsp3) is 0.379. The van der Waals surface area contributed by atoms with Gasteiger partial charge in [0.05, 0.1) is 24.5 Å². The summed E-state index contributed by atoms with van der Waals surface area (Å²) in [6.45, 7) is 11.8.